The number of carboxylic acid groups (broad SMARTS) is 1. The van der Waals surface area contributed by atoms with Gasteiger partial charge in [0.25, 0.3) is 0 Å². The maximum Gasteiger partial charge on any atom is 0.416 e. The highest BCUT2D eigenvalue weighted by Crippen LogP contribution is 2.45. The minimum absolute atomic E-state index is 0.244. The Morgan fingerprint density at radius 3 is 2.22 bits per heavy atom. The number of carbonyl (C=O) groups is 1. The van der Waals surface area contributed by atoms with Crippen LogP contribution in [-0.2, 0) is 11.0 Å². The Hall–Kier alpha value is -1.72. The van der Waals surface area contributed by atoms with E-state index in [1.807, 2.05) is 0 Å². The van der Waals surface area contributed by atoms with E-state index in [4.69, 9.17) is 5.11 Å². The fraction of sp³-hybridized carbons (Fsp3) is 0.417. The van der Waals surface area contributed by atoms with Gasteiger partial charge in [-0.05, 0) is 37.1 Å². The molecule has 0 heterocycles. The van der Waals surface area contributed by atoms with Gasteiger partial charge in [-0.25, -0.2) is 0 Å². The molecule has 6 heteroatoms. The second-order valence-corrected chi connectivity index (χ2v) is 4.51. The summed E-state index contributed by atoms with van der Waals surface area (Å²) in [7, 11) is 0. The van der Waals surface area contributed by atoms with E-state index >= 15 is 0 Å². The summed E-state index contributed by atoms with van der Waals surface area (Å²) in [5.41, 5.74) is -0.953. The Morgan fingerprint density at radius 1 is 1.28 bits per heavy atom. The monoisotopic (exact) mass is 259 g/mol. The molecule has 2 rings (SSSR count). The van der Waals surface area contributed by atoms with E-state index < -0.39 is 23.1 Å². The van der Waals surface area contributed by atoms with Crippen LogP contribution in [0.1, 0.15) is 18.4 Å². The van der Waals surface area contributed by atoms with Crippen molar-refractivity contribution in [2.45, 2.75) is 19.0 Å². The molecule has 1 fully saturated rings. The Labute approximate surface area is 102 Å². The third-order valence-electron chi connectivity index (χ3n) is 3.15. The molecule has 1 saturated carbocycles. The SMILES string of the molecule is O=C(O)C1(CNc2ccc(C(F)(F)F)cc2)CC1. The van der Waals surface area contributed by atoms with Crippen LogP contribution in [0.15, 0.2) is 24.3 Å². The predicted molar refractivity (Wildman–Crippen MR) is 59.2 cm³/mol. The molecule has 1 aliphatic rings. The molecule has 98 valence electrons. The third-order valence-corrected chi connectivity index (χ3v) is 3.15. The number of aliphatic carboxylic acids is 1. The number of halogens is 3. The van der Waals surface area contributed by atoms with Gasteiger partial charge in [0.15, 0.2) is 0 Å². The number of carboxylic acids is 1. The molecular formula is C12H12F3NO2. The minimum atomic E-state index is -4.35. The van der Waals surface area contributed by atoms with Gasteiger partial charge in [0.1, 0.15) is 0 Å². The number of hydrogen-bond acceptors (Lipinski definition) is 2. The molecule has 3 nitrogen and oxygen atoms in total. The minimum Gasteiger partial charge on any atom is -0.481 e. The predicted octanol–water partition coefficient (Wildman–Crippen LogP) is 2.98. The highest BCUT2D eigenvalue weighted by molar-refractivity contribution is 5.78. The first-order valence-electron chi connectivity index (χ1n) is 5.48. The summed E-state index contributed by atoms with van der Waals surface area (Å²) in [6, 6.07) is 4.56. The van der Waals surface area contributed by atoms with E-state index in [2.05, 4.69) is 5.32 Å². The largest absolute Gasteiger partial charge is 0.481 e. The van der Waals surface area contributed by atoms with Crippen molar-refractivity contribution in [1.29, 1.82) is 0 Å². The number of anilines is 1. The van der Waals surface area contributed by atoms with Crippen molar-refractivity contribution in [3.63, 3.8) is 0 Å². The van der Waals surface area contributed by atoms with Crippen LogP contribution in [0.25, 0.3) is 0 Å². The van der Waals surface area contributed by atoms with Crippen molar-refractivity contribution in [3.8, 4) is 0 Å². The molecule has 0 saturated heterocycles. The van der Waals surface area contributed by atoms with Crippen molar-refractivity contribution in [2.75, 3.05) is 11.9 Å². The van der Waals surface area contributed by atoms with Gasteiger partial charge in [0.2, 0.25) is 0 Å². The van der Waals surface area contributed by atoms with Crippen molar-refractivity contribution >= 4 is 11.7 Å². The summed E-state index contributed by atoms with van der Waals surface area (Å²) in [5.74, 6) is -0.859. The van der Waals surface area contributed by atoms with Crippen molar-refractivity contribution in [1.82, 2.24) is 0 Å². The van der Waals surface area contributed by atoms with Gasteiger partial charge in [-0.15, -0.1) is 0 Å². The molecule has 1 aromatic carbocycles. The molecule has 18 heavy (non-hydrogen) atoms. The van der Waals surface area contributed by atoms with Crippen LogP contribution in [0, 0.1) is 5.41 Å². The van der Waals surface area contributed by atoms with Gasteiger partial charge in [0.05, 0.1) is 11.0 Å². The Balaban J connectivity index is 1.97. The number of hydrogen-bond donors (Lipinski definition) is 2. The topological polar surface area (TPSA) is 49.3 Å². The first kappa shape index (κ1) is 12.7. The van der Waals surface area contributed by atoms with Gasteiger partial charge in [0, 0.05) is 12.2 Å². The molecule has 0 amide bonds. The van der Waals surface area contributed by atoms with Crippen LogP contribution >= 0.6 is 0 Å². The number of alkyl halides is 3. The van der Waals surface area contributed by atoms with E-state index in [1.165, 1.54) is 12.1 Å². The lowest BCUT2D eigenvalue weighted by Crippen LogP contribution is -2.24. The number of nitrogens with one attached hydrogen (secondary N) is 1. The summed E-state index contributed by atoms with van der Waals surface area (Å²) < 4.78 is 36.9. The Morgan fingerprint density at radius 2 is 1.83 bits per heavy atom. The Kier molecular flexibility index (Phi) is 2.96. The Bertz CT molecular complexity index is 449. The molecule has 0 unspecified atom stereocenters. The standard InChI is InChI=1S/C12H12F3NO2/c13-12(14,15)8-1-3-9(4-2-8)16-7-11(5-6-11)10(17)18/h1-4,16H,5-7H2,(H,17,18). The molecule has 2 N–H and O–H groups in total. The van der Waals surface area contributed by atoms with Crippen molar-refractivity contribution in [3.05, 3.63) is 29.8 Å². The first-order chi connectivity index (χ1) is 8.33. The zero-order chi connectivity index (χ0) is 13.4. The van der Waals surface area contributed by atoms with Gasteiger partial charge in [-0.2, -0.15) is 13.2 Å². The lowest BCUT2D eigenvalue weighted by Gasteiger charge is -2.13. The van der Waals surface area contributed by atoms with Crippen LogP contribution in [0.5, 0.6) is 0 Å². The zero-order valence-corrected chi connectivity index (χ0v) is 9.42. The van der Waals surface area contributed by atoms with Crippen molar-refractivity contribution < 1.29 is 23.1 Å². The van der Waals surface area contributed by atoms with Crippen LogP contribution in [-0.4, -0.2) is 17.6 Å². The summed E-state index contributed by atoms with van der Waals surface area (Å²) in [4.78, 5) is 10.9. The van der Waals surface area contributed by atoms with Gasteiger partial charge < -0.3 is 10.4 Å². The van der Waals surface area contributed by atoms with E-state index in [9.17, 15) is 18.0 Å². The van der Waals surface area contributed by atoms with Crippen LogP contribution < -0.4 is 5.32 Å². The second-order valence-electron chi connectivity index (χ2n) is 4.51. The quantitative estimate of drug-likeness (QED) is 0.873. The summed E-state index contributed by atoms with van der Waals surface area (Å²) in [6.45, 7) is 0.244. The molecule has 1 aromatic rings. The van der Waals surface area contributed by atoms with E-state index in [1.54, 1.807) is 0 Å². The molecule has 0 radical (unpaired) electrons. The highest BCUT2D eigenvalue weighted by atomic mass is 19.4. The van der Waals surface area contributed by atoms with E-state index in [-0.39, 0.29) is 6.54 Å². The smallest absolute Gasteiger partial charge is 0.416 e. The number of benzene rings is 1. The molecule has 0 aliphatic heterocycles. The lowest BCUT2D eigenvalue weighted by molar-refractivity contribution is -0.142. The molecule has 0 atom stereocenters. The normalized spacial score (nSPS) is 17.3. The third kappa shape index (κ3) is 2.57. The lowest BCUT2D eigenvalue weighted by atomic mass is 10.1. The summed E-state index contributed by atoms with van der Waals surface area (Å²) >= 11 is 0. The average molecular weight is 259 g/mol. The summed E-state index contributed by atoms with van der Waals surface area (Å²) in [5, 5.41) is 11.8. The zero-order valence-electron chi connectivity index (χ0n) is 9.42. The molecule has 0 aromatic heterocycles. The van der Waals surface area contributed by atoms with E-state index in [0.717, 1.165) is 12.1 Å². The average Bonchev–Trinajstić information content (AvgIpc) is 3.07. The molecule has 0 spiro atoms. The van der Waals surface area contributed by atoms with Crippen LogP contribution in [0.4, 0.5) is 18.9 Å². The fourth-order valence-corrected chi connectivity index (χ4v) is 1.67. The van der Waals surface area contributed by atoms with Gasteiger partial charge in [-0.3, -0.25) is 4.79 Å². The van der Waals surface area contributed by atoms with Crippen LogP contribution in [0.2, 0.25) is 0 Å². The maximum absolute atomic E-state index is 12.3. The first-order valence-corrected chi connectivity index (χ1v) is 5.48. The van der Waals surface area contributed by atoms with Crippen LogP contribution in [0.3, 0.4) is 0 Å². The van der Waals surface area contributed by atoms with Crippen molar-refractivity contribution in [2.24, 2.45) is 5.41 Å². The maximum atomic E-state index is 12.3. The number of rotatable bonds is 4. The molecule has 0 bridgehead atoms. The summed E-state index contributed by atoms with van der Waals surface area (Å²) in [6.07, 6.45) is -3.14. The molecule has 1 aliphatic carbocycles. The van der Waals surface area contributed by atoms with Gasteiger partial charge in [-0.1, -0.05) is 0 Å². The van der Waals surface area contributed by atoms with Gasteiger partial charge >= 0.3 is 12.1 Å². The van der Waals surface area contributed by atoms with E-state index in [0.29, 0.717) is 18.5 Å². The highest BCUT2D eigenvalue weighted by Gasteiger charge is 2.49. The molecular weight excluding hydrogens is 247 g/mol. The fourth-order valence-electron chi connectivity index (χ4n) is 1.67. The second kappa shape index (κ2) is 4.19.